The van der Waals surface area contributed by atoms with Crippen LogP contribution in [0.3, 0.4) is 0 Å². The number of carbonyl (C=O) groups is 2. The van der Waals surface area contributed by atoms with Gasteiger partial charge in [-0.05, 0) is 57.9 Å². The van der Waals surface area contributed by atoms with Crippen LogP contribution in [0.1, 0.15) is 44.4 Å². The van der Waals surface area contributed by atoms with E-state index in [-0.39, 0.29) is 23.8 Å². The zero-order valence-corrected chi connectivity index (χ0v) is 18.3. The van der Waals surface area contributed by atoms with Crippen molar-refractivity contribution >= 4 is 11.8 Å². The first-order valence-electron chi connectivity index (χ1n) is 9.89. The summed E-state index contributed by atoms with van der Waals surface area (Å²) in [4.78, 5) is 27.6. The molecule has 156 valence electrons. The summed E-state index contributed by atoms with van der Waals surface area (Å²) in [5.41, 5.74) is 2.65. The number of ether oxygens (including phenoxy) is 1. The summed E-state index contributed by atoms with van der Waals surface area (Å²) in [7, 11) is 1.61. The lowest BCUT2D eigenvalue weighted by molar-refractivity contribution is -0.140. The highest BCUT2D eigenvalue weighted by Gasteiger charge is 2.28. The maximum Gasteiger partial charge on any atom is 0.242 e. The van der Waals surface area contributed by atoms with Gasteiger partial charge in [0.2, 0.25) is 11.8 Å². The number of carbonyl (C=O) groups excluding carboxylic acids is 2. The van der Waals surface area contributed by atoms with Crippen LogP contribution in [0.15, 0.2) is 48.5 Å². The summed E-state index contributed by atoms with van der Waals surface area (Å²) in [5.74, 6) is 0.497. The maximum atomic E-state index is 13.2. The SMILES string of the molecule is COc1ccc(CC(=O)N(Cc2cccc(C)c2)[C@H](C)C(=O)NC(C)(C)C)cc1. The Balaban J connectivity index is 2.24. The lowest BCUT2D eigenvalue weighted by Gasteiger charge is -2.31. The molecule has 2 aromatic rings. The van der Waals surface area contributed by atoms with Crippen LogP contribution in [0.25, 0.3) is 0 Å². The molecule has 0 aliphatic rings. The normalized spacial score (nSPS) is 12.2. The number of hydrogen-bond donors (Lipinski definition) is 1. The molecule has 0 aromatic heterocycles. The molecule has 0 aliphatic heterocycles. The van der Waals surface area contributed by atoms with Gasteiger partial charge in [0.25, 0.3) is 0 Å². The standard InChI is InChI=1S/C24H32N2O3/c1-17-8-7-9-20(14-17)16-26(18(2)23(28)25-24(3,4)5)22(27)15-19-10-12-21(29-6)13-11-19/h7-14,18H,15-16H2,1-6H3,(H,25,28)/t18-/m1/s1. The van der Waals surface area contributed by atoms with Gasteiger partial charge in [-0.2, -0.15) is 0 Å². The Morgan fingerprint density at radius 2 is 1.72 bits per heavy atom. The van der Waals surface area contributed by atoms with Gasteiger partial charge in [-0.1, -0.05) is 42.0 Å². The van der Waals surface area contributed by atoms with Crippen molar-refractivity contribution in [3.63, 3.8) is 0 Å². The number of hydrogen-bond acceptors (Lipinski definition) is 3. The lowest BCUT2D eigenvalue weighted by atomic mass is 10.1. The van der Waals surface area contributed by atoms with Crippen molar-refractivity contribution < 1.29 is 14.3 Å². The second-order valence-electron chi connectivity index (χ2n) is 8.45. The fourth-order valence-corrected chi connectivity index (χ4v) is 3.08. The molecule has 0 unspecified atom stereocenters. The minimum Gasteiger partial charge on any atom is -0.497 e. The van der Waals surface area contributed by atoms with E-state index >= 15 is 0 Å². The van der Waals surface area contributed by atoms with E-state index < -0.39 is 6.04 Å². The van der Waals surface area contributed by atoms with Gasteiger partial charge < -0.3 is 15.0 Å². The molecule has 0 saturated carbocycles. The van der Waals surface area contributed by atoms with Gasteiger partial charge in [-0.15, -0.1) is 0 Å². The minimum absolute atomic E-state index is 0.0896. The fraction of sp³-hybridized carbons (Fsp3) is 0.417. The Hall–Kier alpha value is -2.82. The third-order valence-electron chi connectivity index (χ3n) is 4.62. The number of nitrogens with one attached hydrogen (secondary N) is 1. The average Bonchev–Trinajstić information content (AvgIpc) is 2.65. The molecule has 1 atom stereocenters. The van der Waals surface area contributed by atoms with E-state index in [0.29, 0.717) is 6.54 Å². The summed E-state index contributed by atoms with van der Waals surface area (Å²) in [6.07, 6.45) is 0.225. The zero-order chi connectivity index (χ0) is 21.6. The first-order chi connectivity index (χ1) is 13.6. The molecule has 2 amide bonds. The number of rotatable bonds is 7. The van der Waals surface area contributed by atoms with Crippen LogP contribution in [-0.4, -0.2) is 35.4 Å². The molecule has 5 nitrogen and oxygen atoms in total. The molecular formula is C24H32N2O3. The van der Waals surface area contributed by atoms with Crippen LogP contribution < -0.4 is 10.1 Å². The van der Waals surface area contributed by atoms with E-state index in [1.165, 1.54) is 0 Å². The second-order valence-corrected chi connectivity index (χ2v) is 8.45. The second kappa shape index (κ2) is 9.59. The molecule has 0 saturated heterocycles. The Morgan fingerprint density at radius 1 is 1.07 bits per heavy atom. The van der Waals surface area contributed by atoms with Crippen LogP contribution >= 0.6 is 0 Å². The van der Waals surface area contributed by atoms with Gasteiger partial charge in [-0.3, -0.25) is 9.59 Å². The molecule has 0 radical (unpaired) electrons. The number of nitrogens with zero attached hydrogens (tertiary/aromatic N) is 1. The van der Waals surface area contributed by atoms with E-state index in [1.54, 1.807) is 18.9 Å². The third kappa shape index (κ3) is 6.93. The van der Waals surface area contributed by atoms with Crippen molar-refractivity contribution in [1.29, 1.82) is 0 Å². The fourth-order valence-electron chi connectivity index (χ4n) is 3.08. The molecule has 5 heteroatoms. The van der Waals surface area contributed by atoms with Crippen molar-refractivity contribution in [2.45, 2.75) is 59.2 Å². The number of benzene rings is 2. The summed E-state index contributed by atoms with van der Waals surface area (Å²) < 4.78 is 5.18. The third-order valence-corrected chi connectivity index (χ3v) is 4.62. The van der Waals surface area contributed by atoms with Crippen molar-refractivity contribution in [2.75, 3.05) is 7.11 Å². The number of amides is 2. The Morgan fingerprint density at radius 3 is 2.28 bits per heavy atom. The van der Waals surface area contributed by atoms with Gasteiger partial charge in [0.05, 0.1) is 13.5 Å². The van der Waals surface area contributed by atoms with E-state index in [4.69, 9.17) is 4.74 Å². The van der Waals surface area contributed by atoms with Crippen molar-refractivity contribution in [3.8, 4) is 5.75 Å². The lowest BCUT2D eigenvalue weighted by Crippen LogP contribution is -2.52. The van der Waals surface area contributed by atoms with Crippen LogP contribution in [0, 0.1) is 6.92 Å². The summed E-state index contributed by atoms with van der Waals surface area (Å²) in [6, 6.07) is 14.9. The van der Waals surface area contributed by atoms with Crippen LogP contribution in [0.4, 0.5) is 0 Å². The van der Waals surface area contributed by atoms with Gasteiger partial charge in [0, 0.05) is 12.1 Å². The van der Waals surface area contributed by atoms with Crippen molar-refractivity contribution in [1.82, 2.24) is 10.2 Å². The van der Waals surface area contributed by atoms with Crippen LogP contribution in [-0.2, 0) is 22.6 Å². The molecule has 0 aliphatic carbocycles. The topological polar surface area (TPSA) is 58.6 Å². The molecule has 0 fully saturated rings. The summed E-state index contributed by atoms with van der Waals surface area (Å²) in [6.45, 7) is 9.98. The zero-order valence-electron chi connectivity index (χ0n) is 18.3. The molecule has 0 heterocycles. The minimum atomic E-state index is -0.583. The van der Waals surface area contributed by atoms with E-state index in [1.807, 2.05) is 76.2 Å². The van der Waals surface area contributed by atoms with Crippen molar-refractivity contribution in [2.24, 2.45) is 0 Å². The van der Waals surface area contributed by atoms with Gasteiger partial charge in [0.1, 0.15) is 11.8 Å². The number of methoxy groups -OCH3 is 1. The summed E-state index contributed by atoms with van der Waals surface area (Å²) in [5, 5.41) is 2.98. The highest BCUT2D eigenvalue weighted by Crippen LogP contribution is 2.16. The van der Waals surface area contributed by atoms with E-state index in [0.717, 1.165) is 22.4 Å². The first kappa shape index (κ1) is 22.5. The first-order valence-corrected chi connectivity index (χ1v) is 9.89. The quantitative estimate of drug-likeness (QED) is 0.773. The Bertz CT molecular complexity index is 838. The van der Waals surface area contributed by atoms with Gasteiger partial charge >= 0.3 is 0 Å². The van der Waals surface area contributed by atoms with Crippen LogP contribution in [0.5, 0.6) is 5.75 Å². The van der Waals surface area contributed by atoms with Gasteiger partial charge in [0.15, 0.2) is 0 Å². The largest absolute Gasteiger partial charge is 0.497 e. The molecule has 0 spiro atoms. The monoisotopic (exact) mass is 396 g/mol. The molecule has 2 rings (SSSR count). The molecular weight excluding hydrogens is 364 g/mol. The molecule has 2 aromatic carbocycles. The highest BCUT2D eigenvalue weighted by atomic mass is 16.5. The molecule has 1 N–H and O–H groups in total. The Kier molecular flexibility index (Phi) is 7.43. The van der Waals surface area contributed by atoms with Gasteiger partial charge in [-0.25, -0.2) is 0 Å². The van der Waals surface area contributed by atoms with Crippen molar-refractivity contribution in [3.05, 3.63) is 65.2 Å². The number of aryl methyl sites for hydroxylation is 1. The van der Waals surface area contributed by atoms with E-state index in [9.17, 15) is 9.59 Å². The average molecular weight is 397 g/mol. The van der Waals surface area contributed by atoms with Crippen LogP contribution in [0.2, 0.25) is 0 Å². The predicted octanol–water partition coefficient (Wildman–Crippen LogP) is 3.88. The highest BCUT2D eigenvalue weighted by molar-refractivity contribution is 5.88. The maximum absolute atomic E-state index is 13.2. The van der Waals surface area contributed by atoms with E-state index in [2.05, 4.69) is 5.32 Å². The predicted molar refractivity (Wildman–Crippen MR) is 116 cm³/mol. The molecule has 29 heavy (non-hydrogen) atoms. The molecule has 0 bridgehead atoms. The summed E-state index contributed by atoms with van der Waals surface area (Å²) >= 11 is 0. The smallest absolute Gasteiger partial charge is 0.242 e. The Labute approximate surface area is 174 Å².